The van der Waals surface area contributed by atoms with Crippen molar-refractivity contribution < 1.29 is 5.11 Å². The van der Waals surface area contributed by atoms with Crippen LogP contribution in [0.1, 0.15) is 38.1 Å². The van der Waals surface area contributed by atoms with Crippen LogP contribution in [-0.2, 0) is 6.73 Å². The second kappa shape index (κ2) is 6.69. The molecule has 0 amide bonds. The van der Waals surface area contributed by atoms with Gasteiger partial charge in [-0.2, -0.15) is 10.4 Å². The summed E-state index contributed by atoms with van der Waals surface area (Å²) in [6.07, 6.45) is 12.9. The maximum atomic E-state index is 9.42. The van der Waals surface area contributed by atoms with Gasteiger partial charge in [0.1, 0.15) is 12.4 Å². The van der Waals surface area contributed by atoms with Crippen LogP contribution in [0.2, 0.25) is 0 Å². The van der Waals surface area contributed by atoms with Crippen LogP contribution in [0, 0.1) is 17.2 Å². The molecule has 128 valence electrons. The second-order valence-electron chi connectivity index (χ2n) is 6.71. The van der Waals surface area contributed by atoms with Gasteiger partial charge in [-0.25, -0.2) is 4.98 Å². The zero-order chi connectivity index (χ0) is 17.2. The molecule has 0 radical (unpaired) electrons. The lowest BCUT2D eigenvalue weighted by Crippen LogP contribution is -2.17. The molecule has 1 atom stereocenters. The SMILES string of the molecule is N#CC[C@H](C1CCCC1)n1cc(-c2ccnc3c2ccn3CO)cn1. The van der Waals surface area contributed by atoms with Crippen LogP contribution in [0.15, 0.2) is 36.9 Å². The van der Waals surface area contributed by atoms with Crippen LogP contribution in [0.25, 0.3) is 22.2 Å². The monoisotopic (exact) mass is 335 g/mol. The molecule has 3 aromatic heterocycles. The quantitative estimate of drug-likeness (QED) is 0.774. The summed E-state index contributed by atoms with van der Waals surface area (Å²) in [7, 11) is 0. The zero-order valence-corrected chi connectivity index (χ0v) is 14.0. The van der Waals surface area contributed by atoms with Gasteiger partial charge in [-0.1, -0.05) is 12.8 Å². The average molecular weight is 335 g/mol. The van der Waals surface area contributed by atoms with E-state index >= 15 is 0 Å². The molecule has 0 bridgehead atoms. The van der Waals surface area contributed by atoms with E-state index < -0.39 is 0 Å². The van der Waals surface area contributed by atoms with Gasteiger partial charge in [-0.15, -0.1) is 0 Å². The highest BCUT2D eigenvalue weighted by Crippen LogP contribution is 2.37. The number of hydrogen-bond donors (Lipinski definition) is 1. The van der Waals surface area contributed by atoms with Gasteiger partial charge in [0.15, 0.2) is 0 Å². The number of nitrogens with zero attached hydrogens (tertiary/aromatic N) is 5. The highest BCUT2D eigenvalue weighted by molar-refractivity contribution is 5.92. The first-order valence-corrected chi connectivity index (χ1v) is 8.78. The van der Waals surface area contributed by atoms with Crippen molar-refractivity contribution in [3.63, 3.8) is 0 Å². The van der Waals surface area contributed by atoms with Gasteiger partial charge in [-0.05, 0) is 36.5 Å². The van der Waals surface area contributed by atoms with E-state index in [0.717, 1.165) is 22.2 Å². The minimum Gasteiger partial charge on any atom is -0.376 e. The summed E-state index contributed by atoms with van der Waals surface area (Å²) in [4.78, 5) is 4.37. The third kappa shape index (κ3) is 2.81. The van der Waals surface area contributed by atoms with Crippen LogP contribution >= 0.6 is 0 Å². The van der Waals surface area contributed by atoms with Gasteiger partial charge < -0.3 is 9.67 Å². The van der Waals surface area contributed by atoms with Gasteiger partial charge in [0.05, 0.1) is 24.7 Å². The van der Waals surface area contributed by atoms with Crippen LogP contribution in [0.3, 0.4) is 0 Å². The Hall–Kier alpha value is -2.65. The van der Waals surface area contributed by atoms with Gasteiger partial charge in [0.25, 0.3) is 0 Å². The molecular formula is C19H21N5O. The van der Waals surface area contributed by atoms with Crippen LogP contribution in [0.5, 0.6) is 0 Å². The van der Waals surface area contributed by atoms with E-state index in [0.29, 0.717) is 12.3 Å². The summed E-state index contributed by atoms with van der Waals surface area (Å²) in [5.74, 6) is 0.542. The topological polar surface area (TPSA) is 79.7 Å². The summed E-state index contributed by atoms with van der Waals surface area (Å²) in [5.41, 5.74) is 2.83. The number of aliphatic hydroxyl groups excluding tert-OH is 1. The molecule has 6 nitrogen and oxygen atoms in total. The molecule has 0 spiro atoms. The van der Waals surface area contributed by atoms with Gasteiger partial charge in [-0.3, -0.25) is 4.68 Å². The Bertz CT molecular complexity index is 913. The van der Waals surface area contributed by atoms with Gasteiger partial charge >= 0.3 is 0 Å². The molecule has 1 N–H and O–H groups in total. The van der Waals surface area contributed by atoms with E-state index in [4.69, 9.17) is 0 Å². The van der Waals surface area contributed by atoms with Crippen molar-refractivity contribution in [3.05, 3.63) is 36.9 Å². The number of hydrogen-bond acceptors (Lipinski definition) is 4. The number of pyridine rings is 1. The molecule has 0 unspecified atom stereocenters. The molecule has 1 fully saturated rings. The Morgan fingerprint density at radius 3 is 2.92 bits per heavy atom. The summed E-state index contributed by atoms with van der Waals surface area (Å²) in [5, 5.41) is 24.2. The lowest BCUT2D eigenvalue weighted by Gasteiger charge is -2.21. The van der Waals surface area contributed by atoms with Crippen molar-refractivity contribution in [1.82, 2.24) is 19.3 Å². The Labute approximate surface area is 146 Å². The lowest BCUT2D eigenvalue weighted by molar-refractivity contribution is 0.215. The van der Waals surface area contributed by atoms with E-state index in [1.807, 2.05) is 35.4 Å². The van der Waals surface area contributed by atoms with Crippen molar-refractivity contribution in [2.75, 3.05) is 0 Å². The van der Waals surface area contributed by atoms with E-state index in [9.17, 15) is 10.4 Å². The van der Waals surface area contributed by atoms with Crippen LogP contribution in [0.4, 0.5) is 0 Å². The third-order valence-electron chi connectivity index (χ3n) is 5.31. The van der Waals surface area contributed by atoms with Crippen molar-refractivity contribution in [2.24, 2.45) is 5.92 Å². The summed E-state index contributed by atoms with van der Waals surface area (Å²) >= 11 is 0. The minimum atomic E-state index is -0.0921. The normalized spacial score (nSPS) is 16.3. The maximum absolute atomic E-state index is 9.42. The second-order valence-corrected chi connectivity index (χ2v) is 6.71. The molecule has 0 aliphatic heterocycles. The Morgan fingerprint density at radius 1 is 1.32 bits per heavy atom. The molecule has 1 aliphatic rings. The van der Waals surface area contributed by atoms with Crippen molar-refractivity contribution in [1.29, 1.82) is 5.26 Å². The Kier molecular flexibility index (Phi) is 4.24. The molecule has 0 saturated heterocycles. The van der Waals surface area contributed by atoms with Crippen LogP contribution in [-0.4, -0.2) is 24.4 Å². The largest absolute Gasteiger partial charge is 0.376 e. The molecule has 6 heteroatoms. The number of aliphatic hydroxyl groups is 1. The fourth-order valence-electron chi connectivity index (χ4n) is 4.03. The highest BCUT2D eigenvalue weighted by Gasteiger charge is 2.27. The summed E-state index contributed by atoms with van der Waals surface area (Å²) in [6.45, 7) is -0.0921. The fraction of sp³-hybridized carbons (Fsp3) is 0.421. The molecule has 3 heterocycles. The molecule has 1 saturated carbocycles. The summed E-state index contributed by atoms with van der Waals surface area (Å²) < 4.78 is 3.68. The van der Waals surface area contributed by atoms with Crippen molar-refractivity contribution in [3.8, 4) is 17.2 Å². The summed E-state index contributed by atoms with van der Waals surface area (Å²) in [6, 6.07) is 6.42. The minimum absolute atomic E-state index is 0.0921. The number of rotatable bonds is 5. The van der Waals surface area contributed by atoms with Crippen molar-refractivity contribution >= 4 is 11.0 Å². The molecule has 1 aliphatic carbocycles. The standard InChI is InChI=1S/C19H21N5O/c20-8-5-18(14-3-1-2-4-14)24-12-15(11-22-24)16-6-9-21-19-17(16)7-10-23(19)13-25/h6-7,9-12,14,18,25H,1-5,13H2/t18-/m1/s1. The van der Waals surface area contributed by atoms with E-state index in [2.05, 4.69) is 16.2 Å². The number of nitriles is 1. The van der Waals surface area contributed by atoms with E-state index in [-0.39, 0.29) is 12.8 Å². The van der Waals surface area contributed by atoms with Gasteiger partial charge in [0.2, 0.25) is 0 Å². The highest BCUT2D eigenvalue weighted by atomic mass is 16.3. The molecule has 0 aromatic carbocycles. The Morgan fingerprint density at radius 2 is 2.16 bits per heavy atom. The maximum Gasteiger partial charge on any atom is 0.142 e. The first-order valence-electron chi connectivity index (χ1n) is 8.78. The van der Waals surface area contributed by atoms with E-state index in [1.54, 1.807) is 10.8 Å². The first kappa shape index (κ1) is 15.9. The fourth-order valence-corrected chi connectivity index (χ4v) is 4.03. The lowest BCUT2D eigenvalue weighted by atomic mass is 9.96. The molecule has 25 heavy (non-hydrogen) atoms. The molecule has 3 aromatic rings. The predicted octanol–water partition coefficient (Wildman–Crippen LogP) is 3.49. The Balaban J connectivity index is 1.71. The first-order chi connectivity index (χ1) is 12.3. The van der Waals surface area contributed by atoms with Crippen LogP contribution < -0.4 is 0 Å². The van der Waals surface area contributed by atoms with Gasteiger partial charge in [0, 0.05) is 29.5 Å². The third-order valence-corrected chi connectivity index (χ3v) is 5.31. The molecular weight excluding hydrogens is 314 g/mol. The molecule has 4 rings (SSSR count). The average Bonchev–Trinajstić information content (AvgIpc) is 3.39. The van der Waals surface area contributed by atoms with E-state index in [1.165, 1.54) is 25.7 Å². The number of fused-ring (bicyclic) bond motifs is 1. The predicted molar refractivity (Wildman–Crippen MR) is 94.4 cm³/mol. The zero-order valence-electron chi connectivity index (χ0n) is 14.0. The smallest absolute Gasteiger partial charge is 0.142 e. The van der Waals surface area contributed by atoms with Crippen molar-refractivity contribution in [2.45, 2.75) is 44.9 Å². The number of aromatic nitrogens is 4.